The molecular weight excluding hydrogens is 232 g/mol. The van der Waals surface area contributed by atoms with Crippen LogP contribution in [0.3, 0.4) is 0 Å². The van der Waals surface area contributed by atoms with Gasteiger partial charge in [0.2, 0.25) is 0 Å². The zero-order valence-corrected chi connectivity index (χ0v) is 10.8. The van der Waals surface area contributed by atoms with Crippen LogP contribution < -0.4 is 0 Å². The van der Waals surface area contributed by atoms with Gasteiger partial charge in [0.1, 0.15) is 0 Å². The van der Waals surface area contributed by atoms with Gasteiger partial charge in [-0.15, -0.1) is 0 Å². The van der Waals surface area contributed by atoms with Crippen LogP contribution in [0.15, 0.2) is 24.3 Å². The van der Waals surface area contributed by atoms with E-state index < -0.39 is 0 Å². The lowest BCUT2D eigenvalue weighted by molar-refractivity contribution is 0.736. The average molecular weight is 247 g/mol. The van der Waals surface area contributed by atoms with Crippen molar-refractivity contribution in [2.75, 3.05) is 0 Å². The second-order valence-electron chi connectivity index (χ2n) is 5.11. The standard InChI is InChI=1S/C14H15ClN2/c1-9-12(10-5-3-4-6-11(10)15)16-17-13(9)14(2)7-8-14/h3-6H,7-8H2,1-2H3,(H,16,17). The lowest BCUT2D eigenvalue weighted by atomic mass is 9.98. The summed E-state index contributed by atoms with van der Waals surface area (Å²) in [5.74, 6) is 0. The van der Waals surface area contributed by atoms with Gasteiger partial charge in [-0.25, -0.2) is 0 Å². The molecule has 0 atom stereocenters. The molecule has 1 aliphatic carbocycles. The molecule has 2 aromatic rings. The van der Waals surface area contributed by atoms with Crippen molar-refractivity contribution in [1.82, 2.24) is 10.2 Å². The van der Waals surface area contributed by atoms with Crippen LogP contribution in [0.4, 0.5) is 0 Å². The number of nitrogens with one attached hydrogen (secondary N) is 1. The molecular formula is C14H15ClN2. The van der Waals surface area contributed by atoms with Crippen LogP contribution >= 0.6 is 11.6 Å². The zero-order chi connectivity index (χ0) is 12.0. The average Bonchev–Trinajstić information content (AvgIpc) is 2.92. The molecule has 1 aliphatic rings. The third-order valence-electron chi connectivity index (χ3n) is 3.74. The number of nitrogens with zero attached hydrogens (tertiary/aromatic N) is 1. The third-order valence-corrected chi connectivity index (χ3v) is 4.07. The molecule has 0 saturated heterocycles. The molecule has 2 nitrogen and oxygen atoms in total. The van der Waals surface area contributed by atoms with E-state index in [4.69, 9.17) is 11.6 Å². The highest BCUT2D eigenvalue weighted by atomic mass is 35.5. The number of rotatable bonds is 2. The van der Waals surface area contributed by atoms with Crippen LogP contribution in [0.2, 0.25) is 5.02 Å². The Morgan fingerprint density at radius 1 is 1.29 bits per heavy atom. The molecule has 1 heterocycles. The molecule has 3 rings (SSSR count). The highest BCUT2D eigenvalue weighted by molar-refractivity contribution is 6.33. The summed E-state index contributed by atoms with van der Waals surface area (Å²) in [7, 11) is 0. The number of hydrogen-bond donors (Lipinski definition) is 1. The van der Waals surface area contributed by atoms with Gasteiger partial charge in [-0.2, -0.15) is 5.10 Å². The van der Waals surface area contributed by atoms with Crippen molar-refractivity contribution in [3.05, 3.63) is 40.5 Å². The van der Waals surface area contributed by atoms with E-state index in [1.807, 2.05) is 24.3 Å². The van der Waals surface area contributed by atoms with Gasteiger partial charge in [0.05, 0.1) is 10.7 Å². The molecule has 0 radical (unpaired) electrons. The normalized spacial score (nSPS) is 17.1. The maximum Gasteiger partial charge on any atom is 0.0967 e. The van der Waals surface area contributed by atoms with Crippen LogP contribution in [0, 0.1) is 6.92 Å². The molecule has 0 amide bonds. The monoisotopic (exact) mass is 246 g/mol. The van der Waals surface area contributed by atoms with Crippen LogP contribution in [0.25, 0.3) is 11.3 Å². The molecule has 0 spiro atoms. The van der Waals surface area contributed by atoms with Gasteiger partial charge in [-0.3, -0.25) is 5.10 Å². The minimum absolute atomic E-state index is 0.316. The Morgan fingerprint density at radius 2 is 2.00 bits per heavy atom. The van der Waals surface area contributed by atoms with E-state index in [2.05, 4.69) is 24.0 Å². The maximum atomic E-state index is 6.22. The van der Waals surface area contributed by atoms with Crippen molar-refractivity contribution >= 4 is 11.6 Å². The molecule has 1 fully saturated rings. The van der Waals surface area contributed by atoms with Crippen molar-refractivity contribution in [3.63, 3.8) is 0 Å². The van der Waals surface area contributed by atoms with E-state index in [0.29, 0.717) is 5.41 Å². The fraction of sp³-hybridized carbons (Fsp3) is 0.357. The molecule has 1 aromatic carbocycles. The molecule has 1 aromatic heterocycles. The first-order valence-electron chi connectivity index (χ1n) is 5.92. The minimum atomic E-state index is 0.316. The number of hydrogen-bond acceptors (Lipinski definition) is 1. The van der Waals surface area contributed by atoms with Crippen LogP contribution in [0.5, 0.6) is 0 Å². The molecule has 0 bridgehead atoms. The Balaban J connectivity index is 2.11. The van der Waals surface area contributed by atoms with E-state index in [0.717, 1.165) is 16.3 Å². The quantitative estimate of drug-likeness (QED) is 0.850. The van der Waals surface area contributed by atoms with Gasteiger partial charge in [0.15, 0.2) is 0 Å². The van der Waals surface area contributed by atoms with Crippen molar-refractivity contribution in [2.24, 2.45) is 0 Å². The largest absolute Gasteiger partial charge is 0.281 e. The first kappa shape index (κ1) is 10.8. The summed E-state index contributed by atoms with van der Waals surface area (Å²) in [6.07, 6.45) is 2.50. The summed E-state index contributed by atoms with van der Waals surface area (Å²) in [6, 6.07) is 7.86. The Labute approximate surface area is 106 Å². The van der Waals surface area contributed by atoms with Crippen molar-refractivity contribution < 1.29 is 0 Å². The number of aromatic nitrogens is 2. The lowest BCUT2D eigenvalue weighted by Crippen LogP contribution is -2.02. The van der Waals surface area contributed by atoms with Crippen molar-refractivity contribution in [3.8, 4) is 11.3 Å². The predicted molar refractivity (Wildman–Crippen MR) is 70.4 cm³/mol. The van der Waals surface area contributed by atoms with E-state index in [-0.39, 0.29) is 0 Å². The van der Waals surface area contributed by atoms with Crippen LogP contribution in [-0.4, -0.2) is 10.2 Å². The maximum absolute atomic E-state index is 6.22. The third kappa shape index (κ3) is 1.67. The topological polar surface area (TPSA) is 28.7 Å². The number of halogens is 1. The Bertz CT molecular complexity index is 567. The van der Waals surface area contributed by atoms with E-state index >= 15 is 0 Å². The zero-order valence-electron chi connectivity index (χ0n) is 10.0. The Hall–Kier alpha value is -1.28. The van der Waals surface area contributed by atoms with E-state index in [1.165, 1.54) is 24.1 Å². The first-order valence-corrected chi connectivity index (χ1v) is 6.30. The van der Waals surface area contributed by atoms with E-state index in [9.17, 15) is 0 Å². The van der Waals surface area contributed by atoms with Crippen LogP contribution in [-0.2, 0) is 5.41 Å². The van der Waals surface area contributed by atoms with Crippen molar-refractivity contribution in [2.45, 2.75) is 32.1 Å². The number of benzene rings is 1. The summed E-state index contributed by atoms with van der Waals surface area (Å²) >= 11 is 6.22. The second kappa shape index (κ2) is 3.61. The van der Waals surface area contributed by atoms with Gasteiger partial charge in [-0.1, -0.05) is 36.7 Å². The van der Waals surface area contributed by atoms with Crippen LogP contribution in [0.1, 0.15) is 31.0 Å². The molecule has 1 N–H and O–H groups in total. The molecule has 88 valence electrons. The summed E-state index contributed by atoms with van der Waals surface area (Å²) in [5, 5.41) is 8.40. The Kier molecular flexibility index (Phi) is 2.30. The smallest absolute Gasteiger partial charge is 0.0967 e. The summed E-state index contributed by atoms with van der Waals surface area (Å²) in [6.45, 7) is 4.41. The summed E-state index contributed by atoms with van der Waals surface area (Å²) in [5.41, 5.74) is 4.82. The molecule has 3 heteroatoms. The molecule has 17 heavy (non-hydrogen) atoms. The van der Waals surface area contributed by atoms with Crippen molar-refractivity contribution in [1.29, 1.82) is 0 Å². The minimum Gasteiger partial charge on any atom is -0.281 e. The highest BCUT2D eigenvalue weighted by Crippen LogP contribution is 2.49. The van der Waals surface area contributed by atoms with Gasteiger partial charge in [-0.05, 0) is 31.4 Å². The number of aromatic amines is 1. The molecule has 0 unspecified atom stereocenters. The summed E-state index contributed by atoms with van der Waals surface area (Å²) < 4.78 is 0. The molecule has 1 saturated carbocycles. The SMILES string of the molecule is Cc1c(-c2ccccc2Cl)n[nH]c1C1(C)CC1. The lowest BCUT2D eigenvalue weighted by Gasteiger charge is -2.07. The van der Waals surface area contributed by atoms with Gasteiger partial charge in [0.25, 0.3) is 0 Å². The molecule has 0 aliphatic heterocycles. The predicted octanol–water partition coefficient (Wildman–Crippen LogP) is 4.09. The first-order chi connectivity index (χ1) is 8.12. The second-order valence-corrected chi connectivity index (χ2v) is 5.52. The van der Waals surface area contributed by atoms with Gasteiger partial charge >= 0.3 is 0 Å². The van der Waals surface area contributed by atoms with E-state index in [1.54, 1.807) is 0 Å². The number of H-pyrrole nitrogens is 1. The van der Waals surface area contributed by atoms with Gasteiger partial charge < -0.3 is 0 Å². The fourth-order valence-corrected chi connectivity index (χ4v) is 2.56. The van der Waals surface area contributed by atoms with Gasteiger partial charge in [0, 0.05) is 16.7 Å². The summed E-state index contributed by atoms with van der Waals surface area (Å²) in [4.78, 5) is 0. The highest BCUT2D eigenvalue weighted by Gasteiger charge is 2.42. The Morgan fingerprint density at radius 3 is 2.65 bits per heavy atom. The fourth-order valence-electron chi connectivity index (χ4n) is 2.34.